The van der Waals surface area contributed by atoms with Crippen LogP contribution in [-0.4, -0.2) is 45.5 Å². The van der Waals surface area contributed by atoms with Crippen molar-refractivity contribution in [2.24, 2.45) is 0 Å². The van der Waals surface area contributed by atoms with Gasteiger partial charge in [-0.3, -0.25) is 0 Å². The molecule has 108 valence electrons. The first kappa shape index (κ1) is 16.4. The van der Waals surface area contributed by atoms with Gasteiger partial charge < -0.3 is 0 Å². The quantitative estimate of drug-likeness (QED) is 0.717. The third kappa shape index (κ3) is 5.54. The first-order valence-electron chi connectivity index (χ1n) is 5.93. The lowest BCUT2D eigenvalue weighted by Crippen LogP contribution is -2.52. The molecule has 0 radical (unpaired) electrons. The van der Waals surface area contributed by atoms with Crippen LogP contribution in [0, 0.1) is 0 Å². The van der Waals surface area contributed by atoms with Gasteiger partial charge in [-0.25, -0.2) is 21.6 Å². The van der Waals surface area contributed by atoms with Gasteiger partial charge in [-0.1, -0.05) is 35.2 Å². The van der Waals surface area contributed by atoms with Crippen LogP contribution in [0.25, 0.3) is 0 Å². The van der Waals surface area contributed by atoms with Gasteiger partial charge in [-0.2, -0.15) is 0 Å². The molecule has 0 amide bonds. The molecule has 0 unspecified atom stereocenters. The van der Waals surface area contributed by atoms with Crippen molar-refractivity contribution in [3.05, 3.63) is 0 Å². The van der Waals surface area contributed by atoms with Crippen molar-refractivity contribution in [3.8, 4) is 0 Å². The number of sulfonamides is 1. The summed E-state index contributed by atoms with van der Waals surface area (Å²) in [6.07, 6.45) is 5.77. The van der Waals surface area contributed by atoms with Crippen molar-refractivity contribution in [1.82, 2.24) is 4.72 Å². The summed E-state index contributed by atoms with van der Waals surface area (Å²) in [6.45, 7) is 0. The van der Waals surface area contributed by atoms with E-state index in [-0.39, 0.29) is 11.5 Å². The van der Waals surface area contributed by atoms with Crippen molar-refractivity contribution in [2.45, 2.75) is 37.6 Å². The summed E-state index contributed by atoms with van der Waals surface area (Å²) in [7, 11) is -6.80. The van der Waals surface area contributed by atoms with Gasteiger partial charge in [-0.05, 0) is 12.8 Å². The van der Waals surface area contributed by atoms with Crippen molar-refractivity contribution in [1.29, 1.82) is 0 Å². The van der Waals surface area contributed by atoms with Crippen LogP contribution in [0.5, 0.6) is 0 Å². The number of hydrogen-bond acceptors (Lipinski definition) is 4. The van der Waals surface area contributed by atoms with Gasteiger partial charge in [0, 0.05) is 17.1 Å². The van der Waals surface area contributed by atoms with Gasteiger partial charge in [-0.15, -0.1) is 0 Å². The maximum absolute atomic E-state index is 11.9. The molecule has 0 aromatic carbocycles. The molecule has 0 spiro atoms. The SMILES string of the molecule is CS(=O)(=O)CCS(=O)(=O)NC1(CBr)CCCCC1. The zero-order chi connectivity index (χ0) is 13.9. The average Bonchev–Trinajstić information content (AvgIpc) is 2.27. The molecule has 5 nitrogen and oxygen atoms in total. The third-order valence-electron chi connectivity index (χ3n) is 3.16. The highest BCUT2D eigenvalue weighted by Gasteiger charge is 2.35. The van der Waals surface area contributed by atoms with Crippen LogP contribution in [0.2, 0.25) is 0 Å². The summed E-state index contributed by atoms with van der Waals surface area (Å²) in [5, 5.41) is 0.568. The lowest BCUT2D eigenvalue weighted by Gasteiger charge is -2.36. The predicted molar refractivity (Wildman–Crippen MR) is 76.2 cm³/mol. The van der Waals surface area contributed by atoms with Gasteiger partial charge in [0.1, 0.15) is 9.84 Å². The highest BCUT2D eigenvalue weighted by Crippen LogP contribution is 2.30. The highest BCUT2D eigenvalue weighted by atomic mass is 79.9. The van der Waals surface area contributed by atoms with E-state index < -0.39 is 25.4 Å². The van der Waals surface area contributed by atoms with Gasteiger partial charge in [0.05, 0.1) is 11.5 Å². The monoisotopic (exact) mass is 361 g/mol. The maximum Gasteiger partial charge on any atom is 0.213 e. The second kappa shape index (κ2) is 6.19. The number of rotatable bonds is 6. The summed E-state index contributed by atoms with van der Waals surface area (Å²) in [5.41, 5.74) is -0.436. The van der Waals surface area contributed by atoms with E-state index in [0.29, 0.717) is 5.33 Å². The van der Waals surface area contributed by atoms with Gasteiger partial charge >= 0.3 is 0 Å². The molecule has 1 aliphatic carbocycles. The molecule has 0 aromatic rings. The fraction of sp³-hybridized carbons (Fsp3) is 1.00. The summed E-state index contributed by atoms with van der Waals surface area (Å²) in [5.74, 6) is -0.693. The van der Waals surface area contributed by atoms with Gasteiger partial charge in [0.2, 0.25) is 10.0 Å². The Morgan fingerprint density at radius 2 is 1.61 bits per heavy atom. The molecular weight excluding hydrogens is 342 g/mol. The molecule has 1 aliphatic rings. The zero-order valence-corrected chi connectivity index (χ0v) is 13.7. The standard InChI is InChI=1S/C10H20BrNO4S2/c1-17(13,14)7-8-18(15,16)12-10(9-11)5-3-2-4-6-10/h12H,2-9H2,1H3. The van der Waals surface area contributed by atoms with Crippen LogP contribution in [0.15, 0.2) is 0 Å². The summed E-state index contributed by atoms with van der Waals surface area (Å²) < 4.78 is 48.6. The molecule has 0 aromatic heterocycles. The molecule has 8 heteroatoms. The second-order valence-electron chi connectivity index (χ2n) is 5.03. The van der Waals surface area contributed by atoms with E-state index in [2.05, 4.69) is 20.7 Å². The molecule has 0 atom stereocenters. The molecule has 0 heterocycles. The van der Waals surface area contributed by atoms with Crippen molar-refractivity contribution in [2.75, 3.05) is 23.1 Å². The Balaban J connectivity index is 2.68. The molecular formula is C10H20BrNO4S2. The van der Waals surface area contributed by atoms with Crippen LogP contribution in [0.3, 0.4) is 0 Å². The van der Waals surface area contributed by atoms with Crippen LogP contribution in [0.1, 0.15) is 32.1 Å². The third-order valence-corrected chi connectivity index (χ3v) is 6.92. The normalized spacial score (nSPS) is 20.8. The van der Waals surface area contributed by atoms with E-state index >= 15 is 0 Å². The molecule has 1 N–H and O–H groups in total. The lowest BCUT2D eigenvalue weighted by molar-refractivity contribution is 0.301. The second-order valence-corrected chi connectivity index (χ2v) is 9.69. The van der Waals surface area contributed by atoms with Gasteiger partial charge in [0.25, 0.3) is 0 Å². The first-order valence-corrected chi connectivity index (χ1v) is 10.8. The van der Waals surface area contributed by atoms with Crippen LogP contribution >= 0.6 is 15.9 Å². The summed E-state index contributed by atoms with van der Waals surface area (Å²) in [4.78, 5) is 0. The Morgan fingerprint density at radius 1 is 1.06 bits per heavy atom. The van der Waals surface area contributed by atoms with E-state index in [4.69, 9.17) is 0 Å². The topological polar surface area (TPSA) is 80.3 Å². The summed E-state index contributed by atoms with van der Waals surface area (Å²) >= 11 is 3.37. The average molecular weight is 362 g/mol. The van der Waals surface area contributed by atoms with E-state index in [1.54, 1.807) is 0 Å². The molecule has 0 aliphatic heterocycles. The number of sulfone groups is 1. The van der Waals surface area contributed by atoms with E-state index in [0.717, 1.165) is 38.4 Å². The number of nitrogens with one attached hydrogen (secondary N) is 1. The lowest BCUT2D eigenvalue weighted by atomic mass is 9.84. The van der Waals surface area contributed by atoms with Crippen molar-refractivity contribution in [3.63, 3.8) is 0 Å². The molecule has 1 saturated carbocycles. The smallest absolute Gasteiger partial charge is 0.213 e. The zero-order valence-electron chi connectivity index (χ0n) is 10.5. The molecule has 1 fully saturated rings. The molecule has 18 heavy (non-hydrogen) atoms. The minimum Gasteiger partial charge on any atom is -0.229 e. The van der Waals surface area contributed by atoms with Crippen molar-refractivity contribution >= 4 is 35.8 Å². The molecule has 0 saturated heterocycles. The fourth-order valence-electron chi connectivity index (χ4n) is 2.13. The molecule has 1 rings (SSSR count). The molecule has 0 bridgehead atoms. The highest BCUT2D eigenvalue weighted by molar-refractivity contribution is 9.09. The van der Waals surface area contributed by atoms with Crippen LogP contribution in [-0.2, 0) is 19.9 Å². The number of alkyl halides is 1. The Labute approximate surface area is 118 Å². The van der Waals surface area contributed by atoms with Crippen LogP contribution in [0.4, 0.5) is 0 Å². The minimum atomic E-state index is -3.54. The first-order chi connectivity index (χ1) is 8.18. The Kier molecular flexibility index (Phi) is 5.64. The van der Waals surface area contributed by atoms with E-state index in [9.17, 15) is 16.8 Å². The predicted octanol–water partition coefficient (Wildman–Crippen LogP) is 1.05. The van der Waals surface area contributed by atoms with E-state index in [1.165, 1.54) is 0 Å². The minimum absolute atomic E-state index is 0.333. The van der Waals surface area contributed by atoms with Crippen molar-refractivity contribution < 1.29 is 16.8 Å². The Hall–Kier alpha value is 0.340. The number of hydrogen-bond donors (Lipinski definition) is 1. The Bertz CT molecular complexity index is 466. The summed E-state index contributed by atoms with van der Waals surface area (Å²) in [6, 6.07) is 0. The fourth-order valence-corrected chi connectivity index (χ4v) is 6.15. The largest absolute Gasteiger partial charge is 0.229 e. The van der Waals surface area contributed by atoms with E-state index in [1.807, 2.05) is 0 Å². The number of halogens is 1. The van der Waals surface area contributed by atoms with Crippen LogP contribution < -0.4 is 4.72 Å². The van der Waals surface area contributed by atoms with Gasteiger partial charge in [0.15, 0.2) is 0 Å². The maximum atomic E-state index is 11.9. The Morgan fingerprint density at radius 3 is 2.06 bits per heavy atom.